The Morgan fingerprint density at radius 1 is 0.407 bits per heavy atom. The van der Waals surface area contributed by atoms with Crippen LogP contribution in [0.2, 0.25) is 0 Å². The van der Waals surface area contributed by atoms with Crippen molar-refractivity contribution < 1.29 is 4.42 Å². The largest absolute Gasteiger partial charge is 0.455 e. The fourth-order valence-corrected chi connectivity index (χ4v) is 8.77. The summed E-state index contributed by atoms with van der Waals surface area (Å²) in [4.78, 5) is 10.4. The van der Waals surface area contributed by atoms with Gasteiger partial charge in [-0.25, -0.2) is 9.97 Å². The highest BCUT2D eigenvalue weighted by molar-refractivity contribution is 6.10. The van der Waals surface area contributed by atoms with Gasteiger partial charge in [0.15, 0.2) is 5.82 Å². The van der Waals surface area contributed by atoms with Crippen molar-refractivity contribution in [3.05, 3.63) is 181 Å². The van der Waals surface area contributed by atoms with Crippen LogP contribution in [-0.4, -0.2) is 9.97 Å². The van der Waals surface area contributed by atoms with Crippen molar-refractivity contribution in [2.75, 3.05) is 0 Å². The molecule has 0 bridgehead atoms. The van der Waals surface area contributed by atoms with Gasteiger partial charge in [-0.15, -0.1) is 0 Å². The van der Waals surface area contributed by atoms with Crippen molar-refractivity contribution in [2.24, 2.45) is 0 Å². The summed E-state index contributed by atoms with van der Waals surface area (Å²) in [5.41, 5.74) is 14.1. The molecule has 0 saturated heterocycles. The van der Waals surface area contributed by atoms with E-state index >= 15 is 0 Å². The van der Waals surface area contributed by atoms with Crippen LogP contribution in [0.25, 0.3) is 99.6 Å². The molecule has 11 rings (SSSR count). The van der Waals surface area contributed by atoms with Gasteiger partial charge in [-0.2, -0.15) is 0 Å². The van der Waals surface area contributed by atoms with Crippen molar-refractivity contribution >= 4 is 43.5 Å². The number of furan rings is 1. The minimum atomic E-state index is -0.0764. The summed E-state index contributed by atoms with van der Waals surface area (Å²) in [5, 5.41) is 7.07. The first-order chi connectivity index (χ1) is 26.5. The normalized spacial score (nSPS) is 13.1. The van der Waals surface area contributed by atoms with E-state index in [9.17, 15) is 0 Å². The van der Waals surface area contributed by atoms with Gasteiger partial charge in [0.05, 0.1) is 11.4 Å². The highest BCUT2D eigenvalue weighted by Crippen LogP contribution is 2.51. The van der Waals surface area contributed by atoms with Crippen LogP contribution in [0.5, 0.6) is 0 Å². The van der Waals surface area contributed by atoms with Crippen LogP contribution in [0.1, 0.15) is 25.0 Å². The molecule has 0 fully saturated rings. The lowest BCUT2D eigenvalue weighted by Gasteiger charge is -2.22. The van der Waals surface area contributed by atoms with Gasteiger partial charge in [0.1, 0.15) is 11.2 Å². The molecular weight excluding hydrogens is 657 g/mol. The van der Waals surface area contributed by atoms with Gasteiger partial charge in [-0.1, -0.05) is 147 Å². The number of para-hydroxylation sites is 2. The molecule has 54 heavy (non-hydrogen) atoms. The van der Waals surface area contributed by atoms with Crippen LogP contribution in [0, 0.1) is 0 Å². The number of hydrogen-bond donors (Lipinski definition) is 0. The fraction of sp³-hybridized carbons (Fsp3) is 0.0588. The summed E-state index contributed by atoms with van der Waals surface area (Å²) in [6.07, 6.45) is 0. The molecule has 0 N–H and O–H groups in total. The monoisotopic (exact) mass is 690 g/mol. The summed E-state index contributed by atoms with van der Waals surface area (Å²) < 4.78 is 6.49. The van der Waals surface area contributed by atoms with E-state index in [2.05, 4.69) is 153 Å². The number of nitrogens with zero attached hydrogens (tertiary/aromatic N) is 2. The van der Waals surface area contributed by atoms with Gasteiger partial charge in [-0.3, -0.25) is 0 Å². The molecule has 0 atom stereocenters. The average molecular weight is 691 g/mol. The van der Waals surface area contributed by atoms with E-state index in [4.69, 9.17) is 14.4 Å². The van der Waals surface area contributed by atoms with Gasteiger partial charge in [0.25, 0.3) is 0 Å². The minimum absolute atomic E-state index is 0.0764. The first-order valence-corrected chi connectivity index (χ1v) is 18.6. The third-order valence-corrected chi connectivity index (χ3v) is 11.5. The first-order valence-electron chi connectivity index (χ1n) is 18.6. The van der Waals surface area contributed by atoms with Crippen LogP contribution in [0.15, 0.2) is 174 Å². The van der Waals surface area contributed by atoms with Crippen molar-refractivity contribution in [1.82, 2.24) is 9.97 Å². The Hall–Kier alpha value is -6.84. The predicted molar refractivity (Wildman–Crippen MR) is 224 cm³/mol. The molecule has 254 valence electrons. The summed E-state index contributed by atoms with van der Waals surface area (Å²) in [6.45, 7) is 4.70. The zero-order chi connectivity index (χ0) is 36.0. The van der Waals surface area contributed by atoms with Crippen LogP contribution in [0.3, 0.4) is 0 Å². The van der Waals surface area contributed by atoms with Crippen LogP contribution < -0.4 is 0 Å². The second kappa shape index (κ2) is 11.6. The maximum atomic E-state index is 6.49. The maximum absolute atomic E-state index is 6.49. The topological polar surface area (TPSA) is 38.9 Å². The van der Waals surface area contributed by atoms with E-state index in [-0.39, 0.29) is 5.41 Å². The lowest BCUT2D eigenvalue weighted by molar-refractivity contribution is 0.661. The Balaban J connectivity index is 1.10. The molecular formula is C51H34N2O. The predicted octanol–water partition coefficient (Wildman–Crippen LogP) is 13.7. The van der Waals surface area contributed by atoms with Gasteiger partial charge in [0, 0.05) is 32.9 Å². The molecule has 8 aromatic carbocycles. The van der Waals surface area contributed by atoms with Gasteiger partial charge >= 0.3 is 0 Å². The summed E-state index contributed by atoms with van der Waals surface area (Å²) in [5.74, 6) is 0.678. The summed E-state index contributed by atoms with van der Waals surface area (Å²) >= 11 is 0. The number of aromatic nitrogens is 2. The Bertz CT molecular complexity index is 3130. The maximum Gasteiger partial charge on any atom is 0.160 e. The second-order valence-corrected chi connectivity index (χ2v) is 14.9. The van der Waals surface area contributed by atoms with E-state index in [1.807, 2.05) is 30.3 Å². The Morgan fingerprint density at radius 3 is 1.85 bits per heavy atom. The number of hydrogen-bond acceptors (Lipinski definition) is 3. The minimum Gasteiger partial charge on any atom is -0.455 e. The van der Waals surface area contributed by atoms with Crippen LogP contribution in [-0.2, 0) is 5.41 Å². The van der Waals surface area contributed by atoms with Gasteiger partial charge in [0.2, 0.25) is 0 Å². The quantitative estimate of drug-likeness (QED) is 0.184. The van der Waals surface area contributed by atoms with Crippen molar-refractivity contribution in [3.8, 4) is 56.2 Å². The molecule has 0 spiro atoms. The number of fused-ring (bicyclic) bond motifs is 8. The second-order valence-electron chi connectivity index (χ2n) is 14.9. The summed E-state index contributed by atoms with van der Waals surface area (Å²) in [6, 6.07) is 60.6. The lowest BCUT2D eigenvalue weighted by Crippen LogP contribution is -2.14. The molecule has 2 aromatic heterocycles. The number of rotatable bonds is 4. The van der Waals surface area contributed by atoms with Crippen LogP contribution in [0.4, 0.5) is 0 Å². The standard InChI is InChI=1S/C51H34N2O/c1-51(2)44-26-23-34(28-42(44)43-27-32-15-6-7-16-33(32)29-45(43)51)35-24-25-38(37-18-9-8-17-36(35)37)46-30-47(53-50(52-46)31-13-4-3-5-14-31)41-21-12-20-40-39-19-10-11-22-48(39)54-49(40)41/h3-30H,1-2H3. The molecule has 0 aliphatic heterocycles. The molecule has 10 aromatic rings. The Labute approximate surface area is 313 Å². The molecule has 0 unspecified atom stereocenters. The van der Waals surface area contributed by atoms with Crippen LogP contribution >= 0.6 is 0 Å². The SMILES string of the molecule is CC1(C)c2ccc(-c3ccc(-c4cc(-c5cccc6c5oc5ccccc56)nc(-c5ccccc5)n4)c4ccccc34)cc2-c2cc3ccccc3cc21. The molecule has 3 heteroatoms. The van der Waals surface area contributed by atoms with Crippen molar-refractivity contribution in [3.63, 3.8) is 0 Å². The van der Waals surface area contributed by atoms with Gasteiger partial charge in [-0.05, 0) is 91.3 Å². The zero-order valence-corrected chi connectivity index (χ0v) is 30.0. The molecule has 1 aliphatic carbocycles. The van der Waals surface area contributed by atoms with Crippen molar-refractivity contribution in [2.45, 2.75) is 19.3 Å². The van der Waals surface area contributed by atoms with E-state index in [0.29, 0.717) is 5.82 Å². The third kappa shape index (κ3) is 4.61. The molecule has 0 saturated carbocycles. The average Bonchev–Trinajstić information content (AvgIpc) is 3.71. The summed E-state index contributed by atoms with van der Waals surface area (Å²) in [7, 11) is 0. The zero-order valence-electron chi connectivity index (χ0n) is 30.0. The van der Waals surface area contributed by atoms with Gasteiger partial charge < -0.3 is 4.42 Å². The van der Waals surface area contributed by atoms with Crippen molar-refractivity contribution in [1.29, 1.82) is 0 Å². The molecule has 3 nitrogen and oxygen atoms in total. The molecule has 0 radical (unpaired) electrons. The number of benzene rings is 8. The molecule has 1 aliphatic rings. The fourth-order valence-electron chi connectivity index (χ4n) is 8.77. The van der Waals surface area contributed by atoms with E-state index in [1.165, 1.54) is 49.5 Å². The highest BCUT2D eigenvalue weighted by Gasteiger charge is 2.36. The Kier molecular flexibility index (Phi) is 6.60. The van der Waals surface area contributed by atoms with E-state index < -0.39 is 0 Å². The molecule has 2 heterocycles. The van der Waals surface area contributed by atoms with E-state index in [0.717, 1.165) is 55.4 Å². The van der Waals surface area contributed by atoms with E-state index in [1.54, 1.807) is 0 Å². The Morgan fingerprint density at radius 2 is 1.04 bits per heavy atom. The smallest absolute Gasteiger partial charge is 0.160 e. The first kappa shape index (κ1) is 30.8. The lowest BCUT2D eigenvalue weighted by atomic mass is 9.81. The molecule has 0 amide bonds. The third-order valence-electron chi connectivity index (χ3n) is 11.5. The highest BCUT2D eigenvalue weighted by atomic mass is 16.3.